The molecule has 0 aromatic heterocycles. The third-order valence-electron chi connectivity index (χ3n) is 5.50. The molecule has 0 saturated heterocycles. The molecule has 5 rings (SSSR count). The lowest BCUT2D eigenvalue weighted by Crippen LogP contribution is -2.31. The van der Waals surface area contributed by atoms with Gasteiger partial charge in [-0.2, -0.15) is 0 Å². The van der Waals surface area contributed by atoms with E-state index in [1.807, 2.05) is 42.5 Å². The summed E-state index contributed by atoms with van der Waals surface area (Å²) in [5.41, 5.74) is 3.20. The second-order valence-corrected chi connectivity index (χ2v) is 8.47. The number of Topliss-reactive ketones (excluding diaryl/α,β-unsaturated/α-hetero) is 1. The summed E-state index contributed by atoms with van der Waals surface area (Å²) in [6.07, 6.45) is 1.74. The predicted octanol–water partition coefficient (Wildman–Crippen LogP) is 5.97. The number of carbonyl (C=O) groups is 1. The van der Waals surface area contributed by atoms with Crippen LogP contribution in [0, 0.1) is 0 Å². The minimum Gasteiger partial charge on any atom is -0.497 e. The largest absolute Gasteiger partial charge is 0.497 e. The van der Waals surface area contributed by atoms with E-state index in [9.17, 15) is 4.79 Å². The van der Waals surface area contributed by atoms with E-state index < -0.39 is 0 Å². The number of ketones is 1. The standard InChI is InChI=1S/C25H19Cl2NO4/c1-30-18-6-2-15(3-7-18)10-23-24(29)19-8-9-22-20(25(19)32-23)13-28(14-31-22)12-16-4-5-17(26)11-21(16)27/h2-11H,12-14H2,1H3/b23-10-. The van der Waals surface area contributed by atoms with E-state index in [1.54, 1.807) is 25.3 Å². The molecule has 0 unspecified atom stereocenters. The van der Waals surface area contributed by atoms with Crippen LogP contribution in [0.1, 0.15) is 27.0 Å². The molecule has 3 aromatic carbocycles. The zero-order chi connectivity index (χ0) is 22.2. The Balaban J connectivity index is 1.40. The number of benzene rings is 3. The Morgan fingerprint density at radius 2 is 1.91 bits per heavy atom. The summed E-state index contributed by atoms with van der Waals surface area (Å²) < 4.78 is 17.2. The summed E-state index contributed by atoms with van der Waals surface area (Å²) >= 11 is 12.3. The van der Waals surface area contributed by atoms with Gasteiger partial charge in [-0.05, 0) is 53.6 Å². The Bertz CT molecular complexity index is 1240. The molecule has 5 nitrogen and oxygen atoms in total. The van der Waals surface area contributed by atoms with E-state index in [2.05, 4.69) is 4.90 Å². The number of methoxy groups -OCH3 is 1. The quantitative estimate of drug-likeness (QED) is 0.442. The fourth-order valence-electron chi connectivity index (χ4n) is 3.85. The van der Waals surface area contributed by atoms with Crippen molar-refractivity contribution in [1.82, 2.24) is 4.90 Å². The van der Waals surface area contributed by atoms with Crippen molar-refractivity contribution >= 4 is 35.1 Å². The highest BCUT2D eigenvalue weighted by Gasteiger charge is 2.33. The van der Waals surface area contributed by atoms with Crippen molar-refractivity contribution in [2.75, 3.05) is 13.8 Å². The second kappa shape index (κ2) is 8.51. The summed E-state index contributed by atoms with van der Waals surface area (Å²) in [5.74, 6) is 2.17. The van der Waals surface area contributed by atoms with Gasteiger partial charge in [0.15, 0.2) is 5.76 Å². The number of allylic oxidation sites excluding steroid dienone is 1. The molecule has 0 bridgehead atoms. The first kappa shape index (κ1) is 20.9. The molecule has 0 atom stereocenters. The Morgan fingerprint density at radius 1 is 1.09 bits per heavy atom. The van der Waals surface area contributed by atoms with Gasteiger partial charge in [0.1, 0.15) is 24.0 Å². The Hall–Kier alpha value is -2.99. The third-order valence-corrected chi connectivity index (χ3v) is 6.09. The first-order valence-corrected chi connectivity index (χ1v) is 10.8. The van der Waals surface area contributed by atoms with E-state index in [0.717, 1.165) is 28.2 Å². The van der Waals surface area contributed by atoms with Crippen LogP contribution in [0.25, 0.3) is 6.08 Å². The first-order valence-electron chi connectivity index (χ1n) is 10.0. The molecule has 0 spiro atoms. The number of rotatable bonds is 4. The van der Waals surface area contributed by atoms with Crippen molar-refractivity contribution in [2.45, 2.75) is 13.1 Å². The smallest absolute Gasteiger partial charge is 0.231 e. The lowest BCUT2D eigenvalue weighted by Gasteiger charge is -2.30. The molecule has 2 aliphatic heterocycles. The Morgan fingerprint density at radius 3 is 2.66 bits per heavy atom. The van der Waals surface area contributed by atoms with Gasteiger partial charge < -0.3 is 14.2 Å². The van der Waals surface area contributed by atoms with E-state index in [0.29, 0.717) is 41.2 Å². The van der Waals surface area contributed by atoms with Gasteiger partial charge in [0.2, 0.25) is 5.78 Å². The molecular formula is C25H19Cl2NO4. The van der Waals surface area contributed by atoms with Crippen LogP contribution in [-0.2, 0) is 13.1 Å². The molecule has 0 aliphatic carbocycles. The number of fused-ring (bicyclic) bond motifs is 3. The second-order valence-electron chi connectivity index (χ2n) is 7.63. The number of ether oxygens (including phenoxy) is 3. The molecule has 0 N–H and O–H groups in total. The summed E-state index contributed by atoms with van der Waals surface area (Å²) in [7, 11) is 1.61. The van der Waals surface area contributed by atoms with E-state index in [1.165, 1.54) is 0 Å². The molecule has 2 aliphatic rings. The number of halogens is 2. The van der Waals surface area contributed by atoms with Crippen LogP contribution in [0.15, 0.2) is 60.4 Å². The molecule has 32 heavy (non-hydrogen) atoms. The maximum Gasteiger partial charge on any atom is 0.231 e. The Labute approximate surface area is 195 Å². The topological polar surface area (TPSA) is 48.0 Å². The maximum absolute atomic E-state index is 13.0. The summed E-state index contributed by atoms with van der Waals surface area (Å²) in [4.78, 5) is 15.1. The van der Waals surface area contributed by atoms with Crippen molar-refractivity contribution in [3.05, 3.63) is 92.7 Å². The van der Waals surface area contributed by atoms with Crippen LogP contribution >= 0.6 is 23.2 Å². The number of hydrogen-bond acceptors (Lipinski definition) is 5. The highest BCUT2D eigenvalue weighted by atomic mass is 35.5. The highest BCUT2D eigenvalue weighted by Crippen LogP contribution is 2.42. The summed E-state index contributed by atoms with van der Waals surface area (Å²) in [5, 5.41) is 1.21. The highest BCUT2D eigenvalue weighted by molar-refractivity contribution is 6.35. The molecule has 0 amide bonds. The maximum atomic E-state index is 13.0. The van der Waals surface area contributed by atoms with Gasteiger partial charge in [0, 0.05) is 23.1 Å². The average molecular weight is 468 g/mol. The monoisotopic (exact) mass is 467 g/mol. The van der Waals surface area contributed by atoms with Crippen molar-refractivity contribution in [3.8, 4) is 17.2 Å². The van der Waals surface area contributed by atoms with Gasteiger partial charge in [0.05, 0.1) is 18.2 Å². The molecule has 3 aromatic rings. The molecule has 7 heteroatoms. The predicted molar refractivity (Wildman–Crippen MR) is 124 cm³/mol. The van der Waals surface area contributed by atoms with Crippen LogP contribution in [0.2, 0.25) is 10.0 Å². The van der Waals surface area contributed by atoms with E-state index in [-0.39, 0.29) is 11.5 Å². The number of carbonyl (C=O) groups excluding carboxylic acids is 1. The molecule has 2 heterocycles. The molecule has 0 fully saturated rings. The number of hydrogen-bond donors (Lipinski definition) is 0. The molecule has 162 valence electrons. The van der Waals surface area contributed by atoms with Crippen molar-refractivity contribution in [1.29, 1.82) is 0 Å². The summed E-state index contributed by atoms with van der Waals surface area (Å²) in [6.45, 7) is 1.56. The van der Waals surface area contributed by atoms with Gasteiger partial charge in [-0.15, -0.1) is 0 Å². The molecular weight excluding hydrogens is 449 g/mol. The zero-order valence-electron chi connectivity index (χ0n) is 17.2. The van der Waals surface area contributed by atoms with Crippen LogP contribution in [0.3, 0.4) is 0 Å². The van der Waals surface area contributed by atoms with Crippen LogP contribution in [0.4, 0.5) is 0 Å². The lowest BCUT2D eigenvalue weighted by molar-refractivity contribution is 0.0873. The van der Waals surface area contributed by atoms with E-state index >= 15 is 0 Å². The van der Waals surface area contributed by atoms with Gasteiger partial charge in [-0.3, -0.25) is 9.69 Å². The minimum atomic E-state index is -0.142. The van der Waals surface area contributed by atoms with Gasteiger partial charge >= 0.3 is 0 Å². The minimum absolute atomic E-state index is 0.142. The normalized spacial score (nSPS) is 16.3. The van der Waals surface area contributed by atoms with Crippen LogP contribution < -0.4 is 14.2 Å². The van der Waals surface area contributed by atoms with Crippen molar-refractivity contribution in [2.24, 2.45) is 0 Å². The Kier molecular flexibility index (Phi) is 5.55. The fourth-order valence-corrected chi connectivity index (χ4v) is 4.32. The average Bonchev–Trinajstić information content (AvgIpc) is 3.12. The van der Waals surface area contributed by atoms with Crippen molar-refractivity contribution < 1.29 is 19.0 Å². The molecule has 0 saturated carbocycles. The molecule has 0 radical (unpaired) electrons. The van der Waals surface area contributed by atoms with Gasteiger partial charge in [-0.1, -0.05) is 41.4 Å². The SMILES string of the molecule is COc1ccc(/C=C2\Oc3c(ccc4c3CN(Cc3ccc(Cl)cc3Cl)CO4)C2=O)cc1. The van der Waals surface area contributed by atoms with Gasteiger partial charge in [0.25, 0.3) is 0 Å². The summed E-state index contributed by atoms with van der Waals surface area (Å²) in [6, 6.07) is 16.5. The third kappa shape index (κ3) is 3.95. The van der Waals surface area contributed by atoms with Crippen LogP contribution in [-0.4, -0.2) is 24.5 Å². The zero-order valence-corrected chi connectivity index (χ0v) is 18.7. The van der Waals surface area contributed by atoms with Gasteiger partial charge in [-0.25, -0.2) is 0 Å². The first-order chi connectivity index (χ1) is 15.5. The van der Waals surface area contributed by atoms with E-state index in [4.69, 9.17) is 37.4 Å². The lowest BCUT2D eigenvalue weighted by atomic mass is 10.0. The fraction of sp³-hybridized carbons (Fsp3) is 0.160. The van der Waals surface area contributed by atoms with Crippen LogP contribution in [0.5, 0.6) is 17.2 Å². The van der Waals surface area contributed by atoms with Crippen molar-refractivity contribution in [3.63, 3.8) is 0 Å². The number of nitrogens with zero attached hydrogens (tertiary/aromatic N) is 1.